The number of aliphatic imine (C=N–C) groups is 2. The van der Waals surface area contributed by atoms with E-state index in [2.05, 4.69) is 103 Å². The standard InChI is InChI=1S/C31H37N3O6.C30H36N4O6/c1-31(2,3)40-30(37)32-21-27(29(36)38-4)33-28(35)26-15-13-24(14-16-26)8-6-5-7-23-9-11-25(12-10-23)22-34-17-19-39-20-18-34;1-30(2,3)40-29(37)31-20-26(28(36)33-38)32-27(35)25-14-12-23(13-15-25)7-5-4-6-22-8-10-24(11-9-22)21-34-16-18-39-19-17-34/h5,7,9-16,27H,17-22H2,1-4H3,(H,32,37)(H,33,35);4,6,8-15,26,38H,16-21H2,1-3H3,(H,31,37)(H,32,35)(H,33,36)/p-2/b7-5-;6-4-/t27-;26-/m00/s1. The van der Waals surface area contributed by atoms with Crippen molar-refractivity contribution in [3.05, 3.63) is 154 Å². The average molecular weight is 1090 g/mol. The van der Waals surface area contributed by atoms with Crippen LogP contribution in [0.25, 0.3) is 12.2 Å². The summed E-state index contributed by atoms with van der Waals surface area (Å²) in [4.78, 5) is 61.5. The molecule has 4 aromatic rings. The molecule has 6 rings (SSSR count). The van der Waals surface area contributed by atoms with Crippen molar-refractivity contribution in [1.29, 1.82) is 0 Å². The highest BCUT2D eigenvalue weighted by Crippen LogP contribution is 2.14. The number of allylic oxidation sites excluding steroid dienone is 2. The molecule has 2 saturated heterocycles. The van der Waals surface area contributed by atoms with E-state index in [9.17, 15) is 29.4 Å². The number of benzene rings is 4. The summed E-state index contributed by atoms with van der Waals surface area (Å²) in [5, 5.41) is 37.7. The van der Waals surface area contributed by atoms with Crippen LogP contribution in [0.5, 0.6) is 0 Å². The summed E-state index contributed by atoms with van der Waals surface area (Å²) in [6.07, 6.45) is 5.73. The third-order valence-electron chi connectivity index (χ3n) is 11.5. The topological polar surface area (TPSA) is 248 Å². The Labute approximate surface area is 468 Å². The normalized spacial score (nSPS) is 15.2. The quantitative estimate of drug-likeness (QED) is 0.0308. The lowest BCUT2D eigenvalue weighted by atomic mass is 10.1. The molecule has 2 fully saturated rings. The van der Waals surface area contributed by atoms with Crippen LogP contribution >= 0.6 is 0 Å². The number of amides is 3. The number of methoxy groups -OCH3 is 1. The maximum atomic E-state index is 12.7. The third kappa shape index (κ3) is 23.7. The molecule has 0 aliphatic carbocycles. The number of esters is 1. The predicted molar refractivity (Wildman–Crippen MR) is 301 cm³/mol. The maximum Gasteiger partial charge on any atom is 0.330 e. The van der Waals surface area contributed by atoms with Crippen LogP contribution in [0.2, 0.25) is 0 Å². The van der Waals surface area contributed by atoms with Gasteiger partial charge >= 0.3 is 5.97 Å². The zero-order valence-electron chi connectivity index (χ0n) is 46.4. The minimum Gasteiger partial charge on any atom is -0.595 e. The lowest BCUT2D eigenvalue weighted by molar-refractivity contribution is -0.261. The SMILES string of the molecule is CC(C)(C)OC([O-])=NC[C@H](NC(=O)c1ccc(C#C/C=C\c2ccc(CN3CCOCC3)cc2)cc1)C(=O)NO.COC(=O)[C@H](CN=C([O-])OC(C)(C)C)NC(=O)c1ccc(C#C/C=C\c2ccc(CN3CCOCC3)cc2)cc1. The molecular formula is C61H71N7O12-2. The zero-order chi connectivity index (χ0) is 57.9. The van der Waals surface area contributed by atoms with Gasteiger partial charge in [0.2, 0.25) is 0 Å². The highest BCUT2D eigenvalue weighted by atomic mass is 16.6. The molecule has 0 unspecified atom stereocenters. The summed E-state index contributed by atoms with van der Waals surface area (Å²) in [5.41, 5.74) is 6.65. The van der Waals surface area contributed by atoms with Crippen LogP contribution in [-0.4, -0.2) is 147 Å². The van der Waals surface area contributed by atoms with Gasteiger partial charge in [-0.1, -0.05) is 114 Å². The maximum absolute atomic E-state index is 12.7. The largest absolute Gasteiger partial charge is 0.595 e. The Morgan fingerprint density at radius 3 is 1.35 bits per heavy atom. The summed E-state index contributed by atoms with van der Waals surface area (Å²) in [5.74, 6) is 9.32. The molecule has 0 spiro atoms. The minimum atomic E-state index is -1.27. The van der Waals surface area contributed by atoms with Crippen molar-refractivity contribution < 1.29 is 58.3 Å². The molecule has 2 aliphatic rings. The summed E-state index contributed by atoms with van der Waals surface area (Å²) in [6.45, 7) is 18.3. The molecule has 2 heterocycles. The molecule has 0 saturated carbocycles. The van der Waals surface area contributed by atoms with Gasteiger partial charge in [0.25, 0.3) is 17.7 Å². The number of carbonyl (C=O) groups is 4. The molecule has 0 radical (unpaired) electrons. The number of rotatable bonds is 16. The lowest BCUT2D eigenvalue weighted by Crippen LogP contribution is -2.48. The number of nitrogens with zero attached hydrogens (tertiary/aromatic N) is 4. The van der Waals surface area contributed by atoms with Gasteiger partial charge in [-0.3, -0.25) is 39.4 Å². The Balaban J connectivity index is 0.000000294. The fourth-order valence-corrected chi connectivity index (χ4v) is 7.44. The summed E-state index contributed by atoms with van der Waals surface area (Å²) in [6, 6.07) is 27.5. The Bertz CT molecular complexity index is 2690. The average Bonchev–Trinajstić information content (AvgIpc) is 3.45. The zero-order valence-corrected chi connectivity index (χ0v) is 46.4. The Hall–Kier alpha value is -8.30. The number of hydrogen-bond donors (Lipinski definition) is 4. The highest BCUT2D eigenvalue weighted by Gasteiger charge is 2.23. The van der Waals surface area contributed by atoms with Gasteiger partial charge in [0.1, 0.15) is 24.3 Å². The molecule has 2 aliphatic heterocycles. The molecular weight excluding hydrogens is 1020 g/mol. The van der Waals surface area contributed by atoms with E-state index in [1.807, 2.05) is 12.2 Å². The van der Waals surface area contributed by atoms with E-state index in [1.165, 1.54) is 23.7 Å². The van der Waals surface area contributed by atoms with Gasteiger partial charge in [-0.25, -0.2) is 10.3 Å². The lowest BCUT2D eigenvalue weighted by Gasteiger charge is -2.29. The van der Waals surface area contributed by atoms with Gasteiger partial charge < -0.3 is 44.5 Å². The van der Waals surface area contributed by atoms with Gasteiger partial charge in [-0.2, -0.15) is 0 Å². The van der Waals surface area contributed by atoms with Gasteiger partial charge in [0, 0.05) is 72.7 Å². The van der Waals surface area contributed by atoms with Crippen LogP contribution in [0, 0.1) is 23.7 Å². The molecule has 0 aromatic heterocycles. The van der Waals surface area contributed by atoms with E-state index in [4.69, 9.17) is 28.9 Å². The van der Waals surface area contributed by atoms with Gasteiger partial charge in [0.15, 0.2) is 0 Å². The third-order valence-corrected chi connectivity index (χ3v) is 11.5. The number of ether oxygens (including phenoxy) is 5. The monoisotopic (exact) mass is 1090 g/mol. The number of hydrogen-bond acceptors (Lipinski definition) is 16. The Kier molecular flexibility index (Phi) is 25.0. The fraction of sp³-hybridized carbons (Fsp3) is 0.377. The van der Waals surface area contributed by atoms with Crippen LogP contribution in [0.3, 0.4) is 0 Å². The van der Waals surface area contributed by atoms with Crippen molar-refractivity contribution in [3.63, 3.8) is 0 Å². The van der Waals surface area contributed by atoms with E-state index in [0.717, 1.165) is 82.4 Å². The number of morpholine rings is 2. The van der Waals surface area contributed by atoms with E-state index in [0.29, 0.717) is 11.1 Å². The first-order valence-corrected chi connectivity index (χ1v) is 26.0. The van der Waals surface area contributed by atoms with Crippen molar-refractivity contribution in [3.8, 4) is 23.7 Å². The predicted octanol–water partition coefficient (Wildman–Crippen LogP) is 4.11. The minimum absolute atomic E-state index is 0.270. The summed E-state index contributed by atoms with van der Waals surface area (Å²) >= 11 is 0. The number of hydroxylamine groups is 1. The fourth-order valence-electron chi connectivity index (χ4n) is 7.44. The van der Waals surface area contributed by atoms with E-state index >= 15 is 0 Å². The molecule has 424 valence electrons. The van der Waals surface area contributed by atoms with Crippen LogP contribution in [0.4, 0.5) is 0 Å². The van der Waals surface area contributed by atoms with E-state index in [-0.39, 0.29) is 12.1 Å². The molecule has 19 heteroatoms. The smallest absolute Gasteiger partial charge is 0.330 e. The Morgan fingerprint density at radius 2 is 0.988 bits per heavy atom. The molecule has 4 N–H and O–H groups in total. The molecule has 4 aromatic carbocycles. The van der Waals surface area contributed by atoms with Crippen molar-refractivity contribution in [1.82, 2.24) is 25.9 Å². The molecule has 3 amide bonds. The first-order valence-electron chi connectivity index (χ1n) is 26.0. The first-order chi connectivity index (χ1) is 38.2. The summed E-state index contributed by atoms with van der Waals surface area (Å²) < 4.78 is 25.7. The van der Waals surface area contributed by atoms with Gasteiger partial charge in [-0.05, 0) is 95.1 Å². The van der Waals surface area contributed by atoms with Crippen molar-refractivity contribution in [2.24, 2.45) is 9.98 Å². The van der Waals surface area contributed by atoms with Crippen molar-refractivity contribution >= 4 is 48.0 Å². The van der Waals surface area contributed by atoms with Crippen molar-refractivity contribution in [2.45, 2.75) is 77.9 Å². The van der Waals surface area contributed by atoms with Gasteiger partial charge in [0.05, 0.1) is 46.6 Å². The molecule has 2 atom stereocenters. The Morgan fingerprint density at radius 1 is 0.613 bits per heavy atom. The number of carbonyl (C=O) groups excluding carboxylic acids is 4. The van der Waals surface area contributed by atoms with Crippen molar-refractivity contribution in [2.75, 3.05) is 72.8 Å². The van der Waals surface area contributed by atoms with Crippen LogP contribution < -0.4 is 26.3 Å². The van der Waals surface area contributed by atoms with Crippen LogP contribution in [0.15, 0.2) is 119 Å². The van der Waals surface area contributed by atoms with Crippen LogP contribution in [-0.2, 0) is 46.4 Å². The second-order valence-electron chi connectivity index (χ2n) is 20.3. The second-order valence-corrected chi connectivity index (χ2v) is 20.3. The summed E-state index contributed by atoms with van der Waals surface area (Å²) in [7, 11) is 1.19. The van der Waals surface area contributed by atoms with E-state index in [1.54, 1.807) is 102 Å². The first kappa shape index (κ1) is 62.5. The van der Waals surface area contributed by atoms with Gasteiger partial charge in [-0.15, -0.1) is 0 Å². The highest BCUT2D eigenvalue weighted by molar-refractivity contribution is 5.98. The number of nitrogens with one attached hydrogen (secondary N) is 3. The van der Waals surface area contributed by atoms with E-state index < -0.39 is 65.7 Å². The molecule has 80 heavy (non-hydrogen) atoms. The molecule has 19 nitrogen and oxygen atoms in total. The second kappa shape index (κ2) is 31.9. The molecule has 0 bridgehead atoms. The van der Waals surface area contributed by atoms with Crippen LogP contribution in [0.1, 0.15) is 95.6 Å².